The molecule has 0 heterocycles. The molecule has 0 saturated heterocycles. The zero-order valence-electron chi connectivity index (χ0n) is 15.6. The Morgan fingerprint density at radius 2 is 1.52 bits per heavy atom. The molecule has 0 aliphatic rings. The molecule has 0 aromatic heterocycles. The van der Waals surface area contributed by atoms with E-state index in [1.54, 1.807) is 12.2 Å². The van der Waals surface area contributed by atoms with Crippen LogP contribution in [0.1, 0.15) is 73.8 Å². The van der Waals surface area contributed by atoms with Crippen LogP contribution in [0.2, 0.25) is 0 Å². The standard InChI is InChI=1S/C19H32O2/c1-3-4-5-6-7-8-9-10-11-12-13-14-15-16-17-18-19(20)21-2/h4-5,7-8,11-12H,3,6,9-10,13-18H2,1-2H3/i6D2. The van der Waals surface area contributed by atoms with Crippen LogP contribution in [0.3, 0.4) is 0 Å². The first kappa shape index (κ1) is 16.1. The van der Waals surface area contributed by atoms with Crippen molar-refractivity contribution in [2.45, 2.75) is 71.1 Å². The van der Waals surface area contributed by atoms with Crippen molar-refractivity contribution in [3.8, 4) is 0 Å². The number of unbranched alkanes of at least 4 members (excludes halogenated alkanes) is 5. The highest BCUT2D eigenvalue weighted by molar-refractivity contribution is 5.68. The van der Waals surface area contributed by atoms with E-state index in [9.17, 15) is 4.79 Å². The quantitative estimate of drug-likeness (QED) is 0.246. The Kier molecular flexibility index (Phi) is 12.8. The first-order chi connectivity index (χ1) is 11.0. The van der Waals surface area contributed by atoms with Crippen molar-refractivity contribution in [2.75, 3.05) is 7.11 Å². The average Bonchev–Trinajstić information content (AvgIpc) is 2.53. The molecule has 21 heavy (non-hydrogen) atoms. The predicted molar refractivity (Wildman–Crippen MR) is 91.3 cm³/mol. The Hall–Kier alpha value is -1.31. The van der Waals surface area contributed by atoms with Crippen molar-refractivity contribution >= 4 is 5.97 Å². The summed E-state index contributed by atoms with van der Waals surface area (Å²) in [7, 11) is 1.43. The van der Waals surface area contributed by atoms with E-state index in [0.29, 0.717) is 6.42 Å². The van der Waals surface area contributed by atoms with Gasteiger partial charge in [-0.3, -0.25) is 4.79 Å². The predicted octanol–water partition coefficient (Wildman–Crippen LogP) is 5.75. The molecule has 0 N–H and O–H groups in total. The molecule has 120 valence electrons. The van der Waals surface area contributed by atoms with Gasteiger partial charge in [-0.2, -0.15) is 0 Å². The van der Waals surface area contributed by atoms with Crippen LogP contribution in [-0.2, 0) is 9.53 Å². The number of methoxy groups -OCH3 is 1. The number of carbonyl (C=O) groups is 1. The molecule has 0 aliphatic carbocycles. The zero-order valence-corrected chi connectivity index (χ0v) is 13.6. The van der Waals surface area contributed by atoms with E-state index >= 15 is 0 Å². The lowest BCUT2D eigenvalue weighted by molar-refractivity contribution is -0.140. The van der Waals surface area contributed by atoms with E-state index in [-0.39, 0.29) is 5.97 Å². The Balaban J connectivity index is 3.54. The molecule has 0 saturated carbocycles. The topological polar surface area (TPSA) is 26.3 Å². The number of hydrogen-bond acceptors (Lipinski definition) is 2. The molecule has 0 aromatic rings. The average molecular weight is 294 g/mol. The minimum absolute atomic E-state index is 0.118. The van der Waals surface area contributed by atoms with E-state index in [1.165, 1.54) is 7.11 Å². The van der Waals surface area contributed by atoms with Gasteiger partial charge < -0.3 is 4.74 Å². The van der Waals surface area contributed by atoms with E-state index in [1.807, 2.05) is 19.1 Å². The van der Waals surface area contributed by atoms with E-state index in [4.69, 9.17) is 2.74 Å². The van der Waals surface area contributed by atoms with Gasteiger partial charge in [0.25, 0.3) is 0 Å². The van der Waals surface area contributed by atoms with Crippen molar-refractivity contribution in [1.82, 2.24) is 0 Å². The van der Waals surface area contributed by atoms with Gasteiger partial charge in [0, 0.05) is 9.16 Å². The summed E-state index contributed by atoms with van der Waals surface area (Å²) in [4.78, 5) is 10.9. The lowest BCUT2D eigenvalue weighted by Gasteiger charge is -1.99. The molecule has 0 atom stereocenters. The zero-order chi connectivity index (χ0) is 17.4. The molecule has 0 spiro atoms. The van der Waals surface area contributed by atoms with Crippen LogP contribution in [0, 0.1) is 0 Å². The van der Waals surface area contributed by atoms with Crippen LogP contribution in [0.25, 0.3) is 0 Å². The largest absolute Gasteiger partial charge is 0.469 e. The maximum absolute atomic E-state index is 10.9. The number of hydrogen-bond donors (Lipinski definition) is 0. The molecular formula is C19H32O2. The van der Waals surface area contributed by atoms with E-state index in [2.05, 4.69) is 16.9 Å². The van der Waals surface area contributed by atoms with Crippen LogP contribution in [0.4, 0.5) is 0 Å². The van der Waals surface area contributed by atoms with Gasteiger partial charge in [-0.15, -0.1) is 0 Å². The first-order valence-corrected chi connectivity index (χ1v) is 8.09. The summed E-state index contributed by atoms with van der Waals surface area (Å²) in [6.45, 7) is 2.00. The number of esters is 1. The second-order valence-corrected chi connectivity index (χ2v) is 4.96. The third-order valence-electron chi connectivity index (χ3n) is 3.06. The molecule has 2 nitrogen and oxygen atoms in total. The summed E-state index contributed by atoms with van der Waals surface area (Å²) in [6, 6.07) is 0. The Labute approximate surface area is 133 Å². The first-order valence-electron chi connectivity index (χ1n) is 9.09. The fourth-order valence-electron chi connectivity index (χ4n) is 1.81. The van der Waals surface area contributed by atoms with Gasteiger partial charge in [-0.1, -0.05) is 56.2 Å². The molecule has 2 heteroatoms. The Morgan fingerprint density at radius 1 is 0.905 bits per heavy atom. The van der Waals surface area contributed by atoms with Gasteiger partial charge >= 0.3 is 5.97 Å². The van der Waals surface area contributed by atoms with Crippen LogP contribution in [0.5, 0.6) is 0 Å². The summed E-state index contributed by atoms with van der Waals surface area (Å²) in [5, 5.41) is 0. The van der Waals surface area contributed by atoms with Gasteiger partial charge in [-0.25, -0.2) is 0 Å². The Morgan fingerprint density at radius 3 is 2.24 bits per heavy atom. The summed E-state index contributed by atoms with van der Waals surface area (Å²) in [6.07, 6.45) is 18.6. The number of ether oxygens (including phenoxy) is 1. The second kappa shape index (κ2) is 16.7. The lowest BCUT2D eigenvalue weighted by Crippen LogP contribution is -1.98. The molecule has 0 rings (SSSR count). The van der Waals surface area contributed by atoms with E-state index in [0.717, 1.165) is 51.4 Å². The fraction of sp³-hybridized carbons (Fsp3) is 0.632. The molecule has 0 unspecified atom stereocenters. The summed E-state index contributed by atoms with van der Waals surface area (Å²) in [5.74, 6) is -0.118. The molecule has 0 radical (unpaired) electrons. The summed E-state index contributed by atoms with van der Waals surface area (Å²) < 4.78 is 20.1. The molecule has 0 amide bonds. The third kappa shape index (κ3) is 16.6. The molecule has 0 aliphatic heterocycles. The van der Waals surface area contributed by atoms with Crippen molar-refractivity contribution in [1.29, 1.82) is 0 Å². The monoisotopic (exact) mass is 294 g/mol. The summed E-state index contributed by atoms with van der Waals surface area (Å²) >= 11 is 0. The van der Waals surface area contributed by atoms with Gasteiger partial charge in [0.1, 0.15) is 0 Å². The van der Waals surface area contributed by atoms with E-state index < -0.39 is 6.37 Å². The number of carbonyl (C=O) groups excluding carboxylic acids is 1. The van der Waals surface area contributed by atoms with Crippen LogP contribution in [0.15, 0.2) is 36.5 Å². The maximum Gasteiger partial charge on any atom is 0.305 e. The van der Waals surface area contributed by atoms with Crippen molar-refractivity contribution < 1.29 is 12.3 Å². The van der Waals surface area contributed by atoms with Gasteiger partial charge in [0.15, 0.2) is 0 Å². The minimum Gasteiger partial charge on any atom is -0.469 e. The van der Waals surface area contributed by atoms with Crippen molar-refractivity contribution in [2.24, 2.45) is 0 Å². The fourth-order valence-corrected chi connectivity index (χ4v) is 1.81. The Bertz CT molecular complexity index is 385. The molecular weight excluding hydrogens is 260 g/mol. The van der Waals surface area contributed by atoms with Gasteiger partial charge in [0.05, 0.1) is 7.11 Å². The molecule has 0 fully saturated rings. The lowest BCUT2D eigenvalue weighted by atomic mass is 10.1. The SMILES string of the molecule is [2H]C([2H])(C=CCC)C=CCCC=CCCCCCCC(=O)OC. The molecule has 0 aromatic carbocycles. The number of allylic oxidation sites excluding steroid dienone is 6. The highest BCUT2D eigenvalue weighted by Crippen LogP contribution is 2.07. The minimum atomic E-state index is -1.33. The summed E-state index contributed by atoms with van der Waals surface area (Å²) in [5.41, 5.74) is 0. The van der Waals surface area contributed by atoms with Crippen LogP contribution in [-0.4, -0.2) is 13.1 Å². The van der Waals surface area contributed by atoms with Crippen LogP contribution >= 0.6 is 0 Å². The second-order valence-electron chi connectivity index (χ2n) is 4.96. The van der Waals surface area contributed by atoms with Crippen molar-refractivity contribution in [3.63, 3.8) is 0 Å². The van der Waals surface area contributed by atoms with Crippen LogP contribution < -0.4 is 0 Å². The highest BCUT2D eigenvalue weighted by atomic mass is 16.5. The third-order valence-corrected chi connectivity index (χ3v) is 3.06. The number of rotatable bonds is 13. The smallest absolute Gasteiger partial charge is 0.305 e. The van der Waals surface area contributed by atoms with Gasteiger partial charge in [0.2, 0.25) is 0 Å². The van der Waals surface area contributed by atoms with Gasteiger partial charge in [-0.05, 0) is 44.9 Å². The maximum atomic E-state index is 10.9. The normalized spacial score (nSPS) is 14.0. The molecule has 0 bridgehead atoms. The van der Waals surface area contributed by atoms with Crippen molar-refractivity contribution in [3.05, 3.63) is 36.5 Å². The highest BCUT2D eigenvalue weighted by Gasteiger charge is 1.98.